The van der Waals surface area contributed by atoms with Crippen LogP contribution in [-0.2, 0) is 16.0 Å². The lowest BCUT2D eigenvalue weighted by molar-refractivity contribution is -0.132. The monoisotopic (exact) mass is 356 g/mol. The summed E-state index contributed by atoms with van der Waals surface area (Å²) in [6.45, 7) is 3.10. The lowest BCUT2D eigenvalue weighted by Gasteiger charge is -2.20. The molecule has 0 bridgehead atoms. The van der Waals surface area contributed by atoms with Gasteiger partial charge in [-0.15, -0.1) is 0 Å². The molecule has 0 atom stereocenters. The minimum absolute atomic E-state index is 0.0919. The topological polar surface area (TPSA) is 66.5 Å². The smallest absolute Gasteiger partial charge is 0.243 e. The summed E-state index contributed by atoms with van der Waals surface area (Å²) in [7, 11) is 0. The van der Waals surface area contributed by atoms with Crippen LogP contribution in [0.25, 0.3) is 0 Å². The zero-order valence-electron chi connectivity index (χ0n) is 14.8. The molecule has 0 saturated carbocycles. The predicted molar refractivity (Wildman–Crippen MR) is 97.4 cm³/mol. The van der Waals surface area contributed by atoms with Crippen LogP contribution >= 0.6 is 0 Å². The Bertz CT molecular complexity index is 803. The maximum Gasteiger partial charge on any atom is 0.243 e. The van der Waals surface area contributed by atoms with Gasteiger partial charge in [0.25, 0.3) is 0 Å². The van der Waals surface area contributed by atoms with Crippen molar-refractivity contribution in [3.05, 3.63) is 65.5 Å². The molecule has 2 rings (SSSR count). The molecular formula is C20H21FN2O3. The van der Waals surface area contributed by atoms with Gasteiger partial charge in [-0.1, -0.05) is 24.3 Å². The van der Waals surface area contributed by atoms with E-state index in [4.69, 9.17) is 0 Å². The Hall–Kier alpha value is -3.02. The second-order valence-corrected chi connectivity index (χ2v) is 6.00. The second-order valence-electron chi connectivity index (χ2n) is 6.00. The lowest BCUT2D eigenvalue weighted by Crippen LogP contribution is -2.38. The molecule has 0 radical (unpaired) electrons. The first-order valence-electron chi connectivity index (χ1n) is 8.26. The fraction of sp³-hybridized carbons (Fsp3) is 0.250. The number of ketones is 1. The van der Waals surface area contributed by atoms with E-state index in [1.54, 1.807) is 36.4 Å². The number of nitrogens with one attached hydrogen (secondary N) is 1. The van der Waals surface area contributed by atoms with Gasteiger partial charge in [-0.05, 0) is 43.2 Å². The third-order valence-electron chi connectivity index (χ3n) is 3.92. The number of amides is 2. The zero-order valence-corrected chi connectivity index (χ0v) is 14.8. The molecule has 2 aromatic rings. The van der Waals surface area contributed by atoms with Crippen molar-refractivity contribution < 1.29 is 18.8 Å². The highest BCUT2D eigenvalue weighted by atomic mass is 19.1. The molecule has 6 heteroatoms. The first-order chi connectivity index (χ1) is 12.3. The molecule has 1 N–H and O–H groups in total. The number of hydrogen-bond donors (Lipinski definition) is 1. The van der Waals surface area contributed by atoms with Crippen molar-refractivity contribution in [3.63, 3.8) is 0 Å². The van der Waals surface area contributed by atoms with E-state index >= 15 is 0 Å². The van der Waals surface area contributed by atoms with E-state index in [2.05, 4.69) is 5.32 Å². The normalized spacial score (nSPS) is 10.3. The molecule has 5 nitrogen and oxygen atoms in total. The average Bonchev–Trinajstić information content (AvgIpc) is 2.60. The Morgan fingerprint density at radius 3 is 2.35 bits per heavy atom. The summed E-state index contributed by atoms with van der Waals surface area (Å²) >= 11 is 0. The molecular weight excluding hydrogens is 335 g/mol. The first kappa shape index (κ1) is 19.3. The Morgan fingerprint density at radius 1 is 1.04 bits per heavy atom. The summed E-state index contributed by atoms with van der Waals surface area (Å²) in [6, 6.07) is 12.7. The zero-order chi connectivity index (χ0) is 19.1. The molecule has 0 fully saturated rings. The molecule has 0 aliphatic rings. The number of Topliss-reactive ketones (excluding diaryl/α,β-unsaturated/α-hetero) is 1. The number of carbonyl (C=O) groups is 3. The van der Waals surface area contributed by atoms with Gasteiger partial charge in [0.05, 0.1) is 6.54 Å². The Kier molecular flexibility index (Phi) is 6.60. The molecule has 0 spiro atoms. The minimum Gasteiger partial charge on any atom is -0.333 e. The Labute approximate surface area is 151 Å². The van der Waals surface area contributed by atoms with Crippen LogP contribution < -0.4 is 5.32 Å². The third kappa shape index (κ3) is 5.81. The SMILES string of the molecule is CC(=O)c1cccc(NC(=O)CN(CCc2ccc(F)cc2)C(C)=O)c1. The number of rotatable bonds is 7. The van der Waals surface area contributed by atoms with Gasteiger partial charge in [0.15, 0.2) is 5.78 Å². The molecule has 0 aliphatic carbocycles. The molecule has 2 aromatic carbocycles. The molecule has 0 heterocycles. The van der Waals surface area contributed by atoms with Crippen molar-refractivity contribution in [2.45, 2.75) is 20.3 Å². The number of nitrogens with zero attached hydrogens (tertiary/aromatic N) is 1. The number of halogens is 1. The van der Waals surface area contributed by atoms with Gasteiger partial charge in [-0.2, -0.15) is 0 Å². The van der Waals surface area contributed by atoms with Gasteiger partial charge < -0.3 is 10.2 Å². The maximum atomic E-state index is 12.9. The van der Waals surface area contributed by atoms with E-state index in [1.165, 1.54) is 30.9 Å². The minimum atomic E-state index is -0.347. The fourth-order valence-electron chi connectivity index (χ4n) is 2.45. The molecule has 26 heavy (non-hydrogen) atoms. The van der Waals surface area contributed by atoms with Crippen molar-refractivity contribution in [2.24, 2.45) is 0 Å². The maximum absolute atomic E-state index is 12.9. The highest BCUT2D eigenvalue weighted by Gasteiger charge is 2.14. The molecule has 0 saturated heterocycles. The Balaban J connectivity index is 1.95. The van der Waals surface area contributed by atoms with E-state index in [9.17, 15) is 18.8 Å². The first-order valence-corrected chi connectivity index (χ1v) is 8.26. The summed E-state index contributed by atoms with van der Waals surface area (Å²) in [5.74, 6) is -0.977. The van der Waals surface area contributed by atoms with E-state index in [1.807, 2.05) is 0 Å². The largest absolute Gasteiger partial charge is 0.333 e. The van der Waals surface area contributed by atoms with Crippen LogP contribution in [-0.4, -0.2) is 35.6 Å². The van der Waals surface area contributed by atoms with Gasteiger partial charge in [0.1, 0.15) is 5.82 Å². The molecule has 0 aliphatic heterocycles. The van der Waals surface area contributed by atoms with E-state index < -0.39 is 0 Å². The highest BCUT2D eigenvalue weighted by Crippen LogP contribution is 2.11. The predicted octanol–water partition coefficient (Wildman–Crippen LogP) is 3.06. The van der Waals surface area contributed by atoms with Gasteiger partial charge >= 0.3 is 0 Å². The number of anilines is 1. The van der Waals surface area contributed by atoms with Gasteiger partial charge in [0.2, 0.25) is 11.8 Å². The van der Waals surface area contributed by atoms with Crippen LogP contribution in [0, 0.1) is 5.82 Å². The molecule has 0 aromatic heterocycles. The van der Waals surface area contributed by atoms with Gasteiger partial charge in [0, 0.05) is 24.7 Å². The summed E-state index contributed by atoms with van der Waals surface area (Å²) in [5.41, 5.74) is 1.89. The van der Waals surface area contributed by atoms with Crippen molar-refractivity contribution in [1.29, 1.82) is 0 Å². The van der Waals surface area contributed by atoms with Crippen molar-refractivity contribution in [1.82, 2.24) is 4.90 Å². The summed E-state index contributed by atoms with van der Waals surface area (Å²) < 4.78 is 12.9. The summed E-state index contributed by atoms with van der Waals surface area (Å²) in [4.78, 5) is 36.8. The molecule has 0 unspecified atom stereocenters. The Morgan fingerprint density at radius 2 is 1.73 bits per heavy atom. The standard InChI is InChI=1S/C20H21FN2O3/c1-14(24)17-4-3-5-19(12-17)22-20(26)13-23(15(2)25)11-10-16-6-8-18(21)9-7-16/h3-9,12H,10-11,13H2,1-2H3,(H,22,26). The number of hydrogen-bond acceptors (Lipinski definition) is 3. The fourth-order valence-corrected chi connectivity index (χ4v) is 2.45. The highest BCUT2D eigenvalue weighted by molar-refractivity contribution is 5.98. The molecule has 2 amide bonds. The van der Waals surface area contributed by atoms with Crippen LogP contribution in [0.4, 0.5) is 10.1 Å². The second kappa shape index (κ2) is 8.89. The van der Waals surface area contributed by atoms with E-state index in [-0.39, 0.29) is 30.0 Å². The van der Waals surface area contributed by atoms with E-state index in [0.29, 0.717) is 24.2 Å². The quantitative estimate of drug-likeness (QED) is 0.776. The van der Waals surface area contributed by atoms with Crippen LogP contribution in [0.2, 0.25) is 0 Å². The average molecular weight is 356 g/mol. The summed E-state index contributed by atoms with van der Waals surface area (Å²) in [5, 5.41) is 2.69. The van der Waals surface area contributed by atoms with Gasteiger partial charge in [-0.25, -0.2) is 4.39 Å². The van der Waals surface area contributed by atoms with Crippen LogP contribution in [0.5, 0.6) is 0 Å². The van der Waals surface area contributed by atoms with Gasteiger partial charge in [-0.3, -0.25) is 14.4 Å². The summed E-state index contributed by atoms with van der Waals surface area (Å²) in [6.07, 6.45) is 0.521. The van der Waals surface area contributed by atoms with Crippen LogP contribution in [0.15, 0.2) is 48.5 Å². The van der Waals surface area contributed by atoms with Crippen molar-refractivity contribution >= 4 is 23.3 Å². The number of carbonyl (C=O) groups excluding carboxylic acids is 3. The molecule has 136 valence electrons. The van der Waals surface area contributed by atoms with Crippen molar-refractivity contribution in [3.8, 4) is 0 Å². The van der Waals surface area contributed by atoms with Crippen LogP contribution in [0.1, 0.15) is 29.8 Å². The third-order valence-corrected chi connectivity index (χ3v) is 3.92. The lowest BCUT2D eigenvalue weighted by atomic mass is 10.1. The van der Waals surface area contributed by atoms with Crippen LogP contribution in [0.3, 0.4) is 0 Å². The van der Waals surface area contributed by atoms with Crippen molar-refractivity contribution in [2.75, 3.05) is 18.4 Å². The van der Waals surface area contributed by atoms with E-state index in [0.717, 1.165) is 5.56 Å². The number of benzene rings is 2.